The number of carbonyl (C=O) groups is 1. The van der Waals surface area contributed by atoms with Gasteiger partial charge in [0.2, 0.25) is 0 Å². The van der Waals surface area contributed by atoms with E-state index in [1.807, 2.05) is 0 Å². The standard InChI is InChI=1S/C14H10FN3O2/c1-8-16-12(9-3-2-4-10(15)7-9)17-13-11(14(19)20)5-6-18(8)13/h2-7H,1H3,(H,19,20). The Morgan fingerprint density at radius 3 is 2.80 bits per heavy atom. The van der Waals surface area contributed by atoms with E-state index in [9.17, 15) is 9.18 Å². The third-order valence-electron chi connectivity index (χ3n) is 3.00. The Morgan fingerprint density at radius 1 is 1.30 bits per heavy atom. The quantitative estimate of drug-likeness (QED) is 0.777. The number of rotatable bonds is 2. The zero-order chi connectivity index (χ0) is 14.3. The third-order valence-corrected chi connectivity index (χ3v) is 3.00. The maximum atomic E-state index is 13.3. The topological polar surface area (TPSA) is 67.5 Å². The summed E-state index contributed by atoms with van der Waals surface area (Å²) in [4.78, 5) is 19.7. The number of carboxylic acid groups (broad SMARTS) is 1. The number of hydrogen-bond acceptors (Lipinski definition) is 3. The summed E-state index contributed by atoms with van der Waals surface area (Å²) in [5.74, 6) is -0.564. The normalized spacial score (nSPS) is 10.9. The van der Waals surface area contributed by atoms with E-state index < -0.39 is 11.8 Å². The van der Waals surface area contributed by atoms with Gasteiger partial charge in [0.05, 0.1) is 0 Å². The monoisotopic (exact) mass is 271 g/mol. The number of aromatic nitrogens is 3. The molecule has 3 rings (SSSR count). The van der Waals surface area contributed by atoms with Crippen molar-refractivity contribution in [2.75, 3.05) is 0 Å². The zero-order valence-corrected chi connectivity index (χ0v) is 10.5. The van der Waals surface area contributed by atoms with Crippen molar-refractivity contribution in [3.63, 3.8) is 0 Å². The molecular weight excluding hydrogens is 261 g/mol. The van der Waals surface area contributed by atoms with Gasteiger partial charge in [-0.05, 0) is 25.1 Å². The van der Waals surface area contributed by atoms with E-state index in [0.717, 1.165) is 0 Å². The number of carboxylic acids is 1. The minimum absolute atomic E-state index is 0.0909. The molecule has 0 saturated carbocycles. The highest BCUT2D eigenvalue weighted by atomic mass is 19.1. The first-order valence-corrected chi connectivity index (χ1v) is 5.91. The number of benzene rings is 1. The van der Waals surface area contributed by atoms with Crippen molar-refractivity contribution in [2.24, 2.45) is 0 Å². The van der Waals surface area contributed by atoms with Gasteiger partial charge in [0.1, 0.15) is 17.2 Å². The lowest BCUT2D eigenvalue weighted by molar-refractivity contribution is 0.0699. The molecule has 0 radical (unpaired) electrons. The van der Waals surface area contributed by atoms with Crippen molar-refractivity contribution in [1.82, 2.24) is 14.4 Å². The van der Waals surface area contributed by atoms with E-state index >= 15 is 0 Å². The van der Waals surface area contributed by atoms with Crippen LogP contribution >= 0.6 is 0 Å². The number of nitrogens with zero attached hydrogens (tertiary/aromatic N) is 3. The highest BCUT2D eigenvalue weighted by Gasteiger charge is 2.15. The molecule has 0 atom stereocenters. The molecule has 2 aromatic heterocycles. The third kappa shape index (κ3) is 1.91. The van der Waals surface area contributed by atoms with E-state index in [-0.39, 0.29) is 5.56 Å². The van der Waals surface area contributed by atoms with Crippen LogP contribution in [0.3, 0.4) is 0 Å². The van der Waals surface area contributed by atoms with Crippen molar-refractivity contribution in [3.8, 4) is 11.4 Å². The molecule has 1 aromatic carbocycles. The predicted octanol–water partition coefficient (Wildman–Crippen LogP) is 2.54. The van der Waals surface area contributed by atoms with Gasteiger partial charge in [-0.1, -0.05) is 12.1 Å². The maximum absolute atomic E-state index is 13.3. The summed E-state index contributed by atoms with van der Waals surface area (Å²) in [7, 11) is 0. The second-order valence-corrected chi connectivity index (χ2v) is 4.33. The van der Waals surface area contributed by atoms with Crippen LogP contribution in [0.4, 0.5) is 4.39 Å². The van der Waals surface area contributed by atoms with Crippen LogP contribution in [-0.4, -0.2) is 25.4 Å². The first-order chi connectivity index (χ1) is 9.56. The molecule has 2 heterocycles. The Hall–Kier alpha value is -2.76. The van der Waals surface area contributed by atoms with Gasteiger partial charge in [0, 0.05) is 11.8 Å². The van der Waals surface area contributed by atoms with Crippen LogP contribution in [0.25, 0.3) is 17.0 Å². The predicted molar refractivity (Wildman–Crippen MR) is 70.1 cm³/mol. The smallest absolute Gasteiger partial charge is 0.339 e. The van der Waals surface area contributed by atoms with Crippen LogP contribution < -0.4 is 0 Å². The molecule has 6 heteroatoms. The summed E-state index contributed by atoms with van der Waals surface area (Å²) < 4.78 is 14.8. The van der Waals surface area contributed by atoms with Crippen molar-refractivity contribution < 1.29 is 14.3 Å². The lowest BCUT2D eigenvalue weighted by atomic mass is 10.2. The van der Waals surface area contributed by atoms with Gasteiger partial charge in [-0.2, -0.15) is 0 Å². The van der Waals surface area contributed by atoms with Crippen LogP contribution in [-0.2, 0) is 0 Å². The minimum Gasteiger partial charge on any atom is -0.478 e. The Balaban J connectivity index is 2.27. The Bertz CT molecular complexity index is 826. The van der Waals surface area contributed by atoms with Crippen molar-refractivity contribution in [2.45, 2.75) is 6.92 Å². The zero-order valence-electron chi connectivity index (χ0n) is 10.5. The van der Waals surface area contributed by atoms with Gasteiger partial charge in [-0.15, -0.1) is 0 Å². The molecule has 20 heavy (non-hydrogen) atoms. The molecule has 0 spiro atoms. The molecule has 3 aromatic rings. The number of aryl methyl sites for hydroxylation is 1. The molecule has 0 amide bonds. The number of hydrogen-bond donors (Lipinski definition) is 1. The number of fused-ring (bicyclic) bond motifs is 1. The molecule has 0 fully saturated rings. The Kier molecular flexibility index (Phi) is 2.71. The second kappa shape index (κ2) is 4.41. The van der Waals surface area contributed by atoms with Crippen molar-refractivity contribution >= 4 is 11.6 Å². The summed E-state index contributed by atoms with van der Waals surface area (Å²) in [6, 6.07) is 7.35. The fourth-order valence-corrected chi connectivity index (χ4v) is 2.06. The number of halogens is 1. The molecular formula is C14H10FN3O2. The van der Waals surface area contributed by atoms with Crippen LogP contribution in [0, 0.1) is 12.7 Å². The molecule has 0 bridgehead atoms. The minimum atomic E-state index is -1.06. The summed E-state index contributed by atoms with van der Waals surface area (Å²) in [6.07, 6.45) is 1.60. The largest absolute Gasteiger partial charge is 0.478 e. The van der Waals surface area contributed by atoms with Crippen molar-refractivity contribution in [1.29, 1.82) is 0 Å². The van der Waals surface area contributed by atoms with Crippen LogP contribution in [0.5, 0.6) is 0 Å². The van der Waals surface area contributed by atoms with E-state index in [0.29, 0.717) is 22.9 Å². The summed E-state index contributed by atoms with van der Waals surface area (Å²) in [6.45, 7) is 1.74. The highest BCUT2D eigenvalue weighted by molar-refractivity contribution is 5.94. The first kappa shape index (κ1) is 12.3. The first-order valence-electron chi connectivity index (χ1n) is 5.91. The molecule has 0 aliphatic heterocycles. The Labute approximate surface area is 113 Å². The fraction of sp³-hybridized carbons (Fsp3) is 0.0714. The average Bonchev–Trinajstić information content (AvgIpc) is 2.83. The van der Waals surface area contributed by atoms with Crippen molar-refractivity contribution in [3.05, 3.63) is 53.7 Å². The van der Waals surface area contributed by atoms with Gasteiger partial charge >= 0.3 is 5.97 Å². The molecule has 0 unspecified atom stereocenters. The van der Waals surface area contributed by atoms with Gasteiger partial charge in [-0.25, -0.2) is 19.2 Å². The molecule has 0 aliphatic carbocycles. The lowest BCUT2D eigenvalue weighted by Crippen LogP contribution is -2.03. The van der Waals surface area contributed by atoms with Crippen LogP contribution in [0.1, 0.15) is 16.2 Å². The molecule has 5 nitrogen and oxygen atoms in total. The van der Waals surface area contributed by atoms with E-state index in [1.165, 1.54) is 18.2 Å². The lowest BCUT2D eigenvalue weighted by Gasteiger charge is -2.05. The molecule has 0 saturated heterocycles. The number of aromatic carboxylic acids is 1. The SMILES string of the molecule is Cc1nc(-c2cccc(F)c2)nc2c(C(=O)O)ccn12. The second-order valence-electron chi connectivity index (χ2n) is 4.33. The van der Waals surface area contributed by atoms with Gasteiger partial charge < -0.3 is 5.11 Å². The van der Waals surface area contributed by atoms with Gasteiger partial charge in [-0.3, -0.25) is 4.40 Å². The molecule has 1 N–H and O–H groups in total. The van der Waals surface area contributed by atoms with Crippen LogP contribution in [0.15, 0.2) is 36.5 Å². The van der Waals surface area contributed by atoms with Crippen LogP contribution in [0.2, 0.25) is 0 Å². The molecule has 100 valence electrons. The maximum Gasteiger partial charge on any atom is 0.339 e. The average molecular weight is 271 g/mol. The Morgan fingerprint density at radius 2 is 2.10 bits per heavy atom. The van der Waals surface area contributed by atoms with E-state index in [1.54, 1.807) is 29.7 Å². The summed E-state index contributed by atoms with van der Waals surface area (Å²) in [5, 5.41) is 9.13. The molecule has 0 aliphatic rings. The van der Waals surface area contributed by atoms with E-state index in [2.05, 4.69) is 9.97 Å². The summed E-state index contributed by atoms with van der Waals surface area (Å²) >= 11 is 0. The highest BCUT2D eigenvalue weighted by Crippen LogP contribution is 2.20. The van der Waals surface area contributed by atoms with Gasteiger partial charge in [0.25, 0.3) is 0 Å². The summed E-state index contributed by atoms with van der Waals surface area (Å²) in [5.41, 5.74) is 0.894. The van der Waals surface area contributed by atoms with E-state index in [4.69, 9.17) is 5.11 Å². The fourth-order valence-electron chi connectivity index (χ4n) is 2.06. The van der Waals surface area contributed by atoms with Gasteiger partial charge in [0.15, 0.2) is 11.5 Å².